The highest BCUT2D eigenvalue weighted by Crippen LogP contribution is 2.24. The zero-order chi connectivity index (χ0) is 18.4. The number of rotatable bonds is 7. The first-order valence-corrected chi connectivity index (χ1v) is 9.52. The molecule has 3 rings (SSSR count). The van der Waals surface area contributed by atoms with Gasteiger partial charge in [0, 0.05) is 19.6 Å². The highest BCUT2D eigenvalue weighted by molar-refractivity contribution is 5.92. The van der Waals surface area contributed by atoms with Crippen LogP contribution in [0.15, 0.2) is 42.5 Å². The van der Waals surface area contributed by atoms with E-state index in [4.69, 9.17) is 0 Å². The monoisotopic (exact) mass is 352 g/mol. The van der Waals surface area contributed by atoms with Gasteiger partial charge in [0.2, 0.25) is 0 Å². The minimum Gasteiger partial charge on any atom is -0.355 e. The largest absolute Gasteiger partial charge is 0.355 e. The summed E-state index contributed by atoms with van der Waals surface area (Å²) in [6.07, 6.45) is 3.23. The Kier molecular flexibility index (Phi) is 6.21. The molecule has 1 aliphatic heterocycles. The Balaban J connectivity index is 1.52. The molecule has 2 heterocycles. The number of amides is 1. The summed E-state index contributed by atoms with van der Waals surface area (Å²) in [5.41, 5.74) is 1.77. The quantitative estimate of drug-likeness (QED) is 0.830. The lowest BCUT2D eigenvalue weighted by atomic mass is 9.99. The average molecular weight is 352 g/mol. The van der Waals surface area contributed by atoms with Crippen molar-refractivity contribution in [3.8, 4) is 0 Å². The first-order chi connectivity index (χ1) is 12.6. The third-order valence-electron chi connectivity index (χ3n) is 4.87. The van der Waals surface area contributed by atoms with Gasteiger partial charge < -0.3 is 10.2 Å². The molecular formula is C21H28N4O. The van der Waals surface area contributed by atoms with Crippen LogP contribution in [0.25, 0.3) is 0 Å². The van der Waals surface area contributed by atoms with E-state index >= 15 is 0 Å². The molecule has 2 aromatic rings. The Bertz CT molecular complexity index is 700. The van der Waals surface area contributed by atoms with Gasteiger partial charge in [-0.15, -0.1) is 10.2 Å². The SMILES string of the molecule is CC(C)CCNC(=O)c1ccc(N2CCC(Cc3ccccc3)C2)nn1. The first-order valence-electron chi connectivity index (χ1n) is 9.52. The first kappa shape index (κ1) is 18.4. The number of nitrogens with one attached hydrogen (secondary N) is 1. The summed E-state index contributed by atoms with van der Waals surface area (Å²) in [6.45, 7) is 6.94. The van der Waals surface area contributed by atoms with E-state index in [0.717, 1.165) is 38.2 Å². The summed E-state index contributed by atoms with van der Waals surface area (Å²) in [7, 11) is 0. The number of anilines is 1. The molecule has 1 aliphatic rings. The molecule has 1 fully saturated rings. The number of aromatic nitrogens is 2. The lowest BCUT2D eigenvalue weighted by molar-refractivity contribution is 0.0946. The summed E-state index contributed by atoms with van der Waals surface area (Å²) in [4.78, 5) is 14.4. The molecule has 1 unspecified atom stereocenters. The molecule has 1 amide bonds. The fourth-order valence-corrected chi connectivity index (χ4v) is 3.33. The van der Waals surface area contributed by atoms with Gasteiger partial charge in [-0.1, -0.05) is 44.2 Å². The molecule has 1 N–H and O–H groups in total. The fourth-order valence-electron chi connectivity index (χ4n) is 3.33. The topological polar surface area (TPSA) is 58.1 Å². The second kappa shape index (κ2) is 8.79. The van der Waals surface area contributed by atoms with Crippen LogP contribution in [-0.4, -0.2) is 35.7 Å². The number of nitrogens with zero attached hydrogens (tertiary/aromatic N) is 3. The van der Waals surface area contributed by atoms with E-state index < -0.39 is 0 Å². The zero-order valence-electron chi connectivity index (χ0n) is 15.7. The van der Waals surface area contributed by atoms with Gasteiger partial charge in [0.25, 0.3) is 5.91 Å². The summed E-state index contributed by atoms with van der Waals surface area (Å²) in [5, 5.41) is 11.3. The van der Waals surface area contributed by atoms with Crippen LogP contribution in [0.2, 0.25) is 0 Å². The highest BCUT2D eigenvalue weighted by atomic mass is 16.1. The van der Waals surface area contributed by atoms with Gasteiger partial charge in [-0.3, -0.25) is 4.79 Å². The molecule has 5 nitrogen and oxygen atoms in total. The molecule has 0 spiro atoms. The maximum absolute atomic E-state index is 12.1. The van der Waals surface area contributed by atoms with Gasteiger partial charge in [0.1, 0.15) is 0 Å². The molecule has 1 saturated heterocycles. The van der Waals surface area contributed by atoms with Crippen LogP contribution in [0.5, 0.6) is 0 Å². The Morgan fingerprint density at radius 3 is 2.69 bits per heavy atom. The number of carbonyl (C=O) groups excluding carboxylic acids is 1. The van der Waals surface area contributed by atoms with Crippen molar-refractivity contribution in [2.45, 2.75) is 33.1 Å². The van der Waals surface area contributed by atoms with Crippen molar-refractivity contribution in [3.63, 3.8) is 0 Å². The van der Waals surface area contributed by atoms with E-state index in [1.807, 2.05) is 6.07 Å². The molecule has 1 aromatic heterocycles. The van der Waals surface area contributed by atoms with Crippen molar-refractivity contribution in [3.05, 3.63) is 53.7 Å². The standard InChI is InChI=1S/C21H28N4O/c1-16(2)10-12-22-21(26)19-8-9-20(24-23-19)25-13-11-18(15-25)14-17-6-4-3-5-7-17/h3-9,16,18H,10-15H2,1-2H3,(H,22,26). The van der Waals surface area contributed by atoms with E-state index in [0.29, 0.717) is 24.1 Å². The van der Waals surface area contributed by atoms with E-state index in [1.54, 1.807) is 6.07 Å². The van der Waals surface area contributed by atoms with E-state index in [9.17, 15) is 4.79 Å². The number of hydrogen-bond donors (Lipinski definition) is 1. The van der Waals surface area contributed by atoms with E-state index in [1.165, 1.54) is 5.56 Å². The van der Waals surface area contributed by atoms with Crippen molar-refractivity contribution in [1.29, 1.82) is 0 Å². The maximum Gasteiger partial charge on any atom is 0.271 e. The van der Waals surface area contributed by atoms with Crippen LogP contribution in [0.3, 0.4) is 0 Å². The molecule has 1 aromatic carbocycles. The number of hydrogen-bond acceptors (Lipinski definition) is 4. The third-order valence-corrected chi connectivity index (χ3v) is 4.87. The molecule has 0 saturated carbocycles. The summed E-state index contributed by atoms with van der Waals surface area (Å²) in [6, 6.07) is 14.3. The Labute approximate surface area is 155 Å². The van der Waals surface area contributed by atoms with Crippen molar-refractivity contribution in [2.24, 2.45) is 11.8 Å². The Morgan fingerprint density at radius 1 is 1.19 bits per heavy atom. The molecule has 0 bridgehead atoms. The molecule has 138 valence electrons. The van der Waals surface area contributed by atoms with Gasteiger partial charge in [-0.05, 0) is 48.8 Å². The maximum atomic E-state index is 12.1. The molecule has 26 heavy (non-hydrogen) atoms. The molecule has 1 atom stereocenters. The molecular weight excluding hydrogens is 324 g/mol. The molecule has 0 aliphatic carbocycles. The molecule has 5 heteroatoms. The smallest absolute Gasteiger partial charge is 0.271 e. The summed E-state index contributed by atoms with van der Waals surface area (Å²) in [5.74, 6) is 1.92. The van der Waals surface area contributed by atoms with Gasteiger partial charge in [0.15, 0.2) is 11.5 Å². The van der Waals surface area contributed by atoms with Crippen molar-refractivity contribution >= 4 is 11.7 Å². The lowest BCUT2D eigenvalue weighted by Crippen LogP contribution is -2.27. The summed E-state index contributed by atoms with van der Waals surface area (Å²) < 4.78 is 0. The minimum absolute atomic E-state index is 0.145. The van der Waals surface area contributed by atoms with Crippen LogP contribution in [-0.2, 0) is 6.42 Å². The van der Waals surface area contributed by atoms with Crippen LogP contribution in [0, 0.1) is 11.8 Å². The van der Waals surface area contributed by atoms with Crippen molar-refractivity contribution in [1.82, 2.24) is 15.5 Å². The van der Waals surface area contributed by atoms with Crippen LogP contribution in [0.1, 0.15) is 42.7 Å². The second-order valence-electron chi connectivity index (χ2n) is 7.51. The van der Waals surface area contributed by atoms with Crippen LogP contribution >= 0.6 is 0 Å². The predicted molar refractivity (Wildman–Crippen MR) is 104 cm³/mol. The second-order valence-corrected chi connectivity index (χ2v) is 7.51. The predicted octanol–water partition coefficient (Wildman–Crippen LogP) is 3.32. The average Bonchev–Trinajstić information content (AvgIpc) is 3.11. The molecule has 0 radical (unpaired) electrons. The van der Waals surface area contributed by atoms with Gasteiger partial charge in [-0.2, -0.15) is 0 Å². The van der Waals surface area contributed by atoms with Crippen molar-refractivity contribution < 1.29 is 4.79 Å². The van der Waals surface area contributed by atoms with Gasteiger partial charge >= 0.3 is 0 Å². The van der Waals surface area contributed by atoms with Crippen LogP contribution < -0.4 is 10.2 Å². The third kappa shape index (κ3) is 5.04. The fraction of sp³-hybridized carbons (Fsp3) is 0.476. The lowest BCUT2D eigenvalue weighted by Gasteiger charge is -2.17. The Hall–Kier alpha value is -2.43. The normalized spacial score (nSPS) is 16.9. The zero-order valence-corrected chi connectivity index (χ0v) is 15.7. The van der Waals surface area contributed by atoms with Gasteiger partial charge in [-0.25, -0.2) is 0 Å². The Morgan fingerprint density at radius 2 is 2.00 bits per heavy atom. The highest BCUT2D eigenvalue weighted by Gasteiger charge is 2.24. The minimum atomic E-state index is -0.145. The van der Waals surface area contributed by atoms with Crippen LogP contribution in [0.4, 0.5) is 5.82 Å². The number of benzene rings is 1. The van der Waals surface area contributed by atoms with E-state index in [2.05, 4.69) is 64.6 Å². The van der Waals surface area contributed by atoms with Crippen molar-refractivity contribution in [2.75, 3.05) is 24.5 Å². The van der Waals surface area contributed by atoms with E-state index in [-0.39, 0.29) is 5.91 Å². The number of carbonyl (C=O) groups is 1. The summed E-state index contributed by atoms with van der Waals surface area (Å²) >= 11 is 0. The van der Waals surface area contributed by atoms with Gasteiger partial charge in [0.05, 0.1) is 0 Å².